The first-order chi connectivity index (χ1) is 8.87. The standard InChI is InChI=1S/C12H16N2O4S/c1-14-10-7-9(8-13-19(2,16)17)3-4-11(10)18-6-5-12(14)15/h3-4,7,13H,5-6,8H2,1-2H3. The van der Waals surface area contributed by atoms with E-state index < -0.39 is 10.0 Å². The number of benzene rings is 1. The lowest BCUT2D eigenvalue weighted by Crippen LogP contribution is -2.25. The highest BCUT2D eigenvalue weighted by Crippen LogP contribution is 2.31. The lowest BCUT2D eigenvalue weighted by Gasteiger charge is -2.17. The Labute approximate surface area is 112 Å². The number of hydrogen-bond donors (Lipinski definition) is 1. The molecule has 1 amide bonds. The Bertz CT molecular complexity index is 598. The number of nitrogens with one attached hydrogen (secondary N) is 1. The maximum Gasteiger partial charge on any atom is 0.230 e. The van der Waals surface area contributed by atoms with Crippen LogP contribution in [-0.4, -0.2) is 34.2 Å². The Morgan fingerprint density at radius 1 is 1.42 bits per heavy atom. The van der Waals surface area contributed by atoms with E-state index in [1.165, 1.54) is 4.90 Å². The van der Waals surface area contributed by atoms with Crippen LogP contribution < -0.4 is 14.4 Å². The van der Waals surface area contributed by atoms with E-state index in [9.17, 15) is 13.2 Å². The molecule has 7 heteroatoms. The minimum absolute atomic E-state index is 0.0213. The van der Waals surface area contributed by atoms with Crippen LogP contribution in [0, 0.1) is 0 Å². The van der Waals surface area contributed by atoms with Crippen LogP contribution in [0.2, 0.25) is 0 Å². The number of amides is 1. The number of ether oxygens (including phenoxy) is 1. The molecule has 0 saturated heterocycles. The van der Waals surface area contributed by atoms with Crippen LogP contribution in [0.4, 0.5) is 5.69 Å². The molecule has 0 fully saturated rings. The normalized spacial score (nSPS) is 15.7. The van der Waals surface area contributed by atoms with Crippen LogP contribution >= 0.6 is 0 Å². The van der Waals surface area contributed by atoms with E-state index >= 15 is 0 Å². The topological polar surface area (TPSA) is 75.7 Å². The van der Waals surface area contributed by atoms with Crippen molar-refractivity contribution in [1.29, 1.82) is 0 Å². The summed E-state index contributed by atoms with van der Waals surface area (Å²) in [6.07, 6.45) is 1.44. The zero-order chi connectivity index (χ0) is 14.0. The SMILES string of the molecule is CN1C(=O)CCOc2ccc(CNS(C)(=O)=O)cc21. The van der Waals surface area contributed by atoms with Gasteiger partial charge in [-0.05, 0) is 17.7 Å². The summed E-state index contributed by atoms with van der Waals surface area (Å²) < 4.78 is 30.0. The van der Waals surface area contributed by atoms with E-state index in [4.69, 9.17) is 4.74 Å². The van der Waals surface area contributed by atoms with E-state index in [-0.39, 0.29) is 12.5 Å². The quantitative estimate of drug-likeness (QED) is 0.876. The van der Waals surface area contributed by atoms with Gasteiger partial charge in [0, 0.05) is 13.6 Å². The Balaban J connectivity index is 2.26. The molecule has 19 heavy (non-hydrogen) atoms. The fraction of sp³-hybridized carbons (Fsp3) is 0.417. The molecule has 104 valence electrons. The molecule has 1 heterocycles. The average molecular weight is 284 g/mol. The minimum atomic E-state index is -3.24. The molecule has 0 aliphatic carbocycles. The van der Waals surface area contributed by atoms with Crippen LogP contribution in [0.3, 0.4) is 0 Å². The van der Waals surface area contributed by atoms with Crippen LogP contribution in [0.25, 0.3) is 0 Å². The summed E-state index contributed by atoms with van der Waals surface area (Å²) in [6.45, 7) is 0.547. The van der Waals surface area contributed by atoms with Gasteiger partial charge in [0.2, 0.25) is 15.9 Å². The number of hydrogen-bond acceptors (Lipinski definition) is 4. The first kappa shape index (κ1) is 13.8. The highest BCUT2D eigenvalue weighted by molar-refractivity contribution is 7.88. The van der Waals surface area contributed by atoms with Gasteiger partial charge in [0.15, 0.2) is 0 Å². The van der Waals surface area contributed by atoms with Crippen LogP contribution in [0.1, 0.15) is 12.0 Å². The van der Waals surface area contributed by atoms with Gasteiger partial charge in [-0.15, -0.1) is 0 Å². The van der Waals surface area contributed by atoms with Crippen molar-refractivity contribution >= 4 is 21.6 Å². The third kappa shape index (κ3) is 3.45. The summed E-state index contributed by atoms with van der Waals surface area (Å²) >= 11 is 0. The van der Waals surface area contributed by atoms with Crippen molar-refractivity contribution < 1.29 is 17.9 Å². The van der Waals surface area contributed by atoms with Gasteiger partial charge in [0.1, 0.15) is 5.75 Å². The predicted octanol–water partition coefficient (Wildman–Crippen LogP) is 0.481. The van der Waals surface area contributed by atoms with Gasteiger partial charge in [0.25, 0.3) is 0 Å². The average Bonchev–Trinajstić information content (AvgIpc) is 2.47. The van der Waals surface area contributed by atoms with E-state index in [1.807, 2.05) is 0 Å². The number of sulfonamides is 1. The van der Waals surface area contributed by atoms with Gasteiger partial charge in [-0.25, -0.2) is 13.1 Å². The van der Waals surface area contributed by atoms with Crippen molar-refractivity contribution in [2.45, 2.75) is 13.0 Å². The second-order valence-electron chi connectivity index (χ2n) is 4.45. The molecule has 0 atom stereocenters. The van der Waals surface area contributed by atoms with Gasteiger partial charge in [-0.2, -0.15) is 0 Å². The van der Waals surface area contributed by atoms with Gasteiger partial charge < -0.3 is 9.64 Å². The number of carbonyl (C=O) groups excluding carboxylic acids is 1. The molecule has 6 nitrogen and oxygen atoms in total. The van der Waals surface area contributed by atoms with Gasteiger partial charge in [-0.3, -0.25) is 4.79 Å². The second kappa shape index (κ2) is 5.18. The number of rotatable bonds is 3. The van der Waals surface area contributed by atoms with Crippen LogP contribution in [-0.2, 0) is 21.4 Å². The van der Waals surface area contributed by atoms with Crippen LogP contribution in [0.5, 0.6) is 5.75 Å². The fourth-order valence-corrected chi connectivity index (χ4v) is 2.25. The van der Waals surface area contributed by atoms with Crippen molar-refractivity contribution in [3.8, 4) is 5.75 Å². The Hall–Kier alpha value is -1.60. The van der Waals surface area contributed by atoms with Crippen molar-refractivity contribution in [2.24, 2.45) is 0 Å². The molecular weight excluding hydrogens is 268 g/mol. The first-order valence-corrected chi connectivity index (χ1v) is 7.73. The summed E-state index contributed by atoms with van der Waals surface area (Å²) in [4.78, 5) is 13.3. The van der Waals surface area contributed by atoms with E-state index in [1.54, 1.807) is 25.2 Å². The van der Waals surface area contributed by atoms with Crippen molar-refractivity contribution in [3.05, 3.63) is 23.8 Å². The van der Waals surface area contributed by atoms with Gasteiger partial charge in [-0.1, -0.05) is 6.07 Å². The molecule has 2 rings (SSSR count). The highest BCUT2D eigenvalue weighted by Gasteiger charge is 2.20. The summed E-state index contributed by atoms with van der Waals surface area (Å²) in [5.74, 6) is 0.614. The highest BCUT2D eigenvalue weighted by atomic mass is 32.2. The maximum absolute atomic E-state index is 11.7. The third-order valence-electron chi connectivity index (χ3n) is 2.87. The monoisotopic (exact) mass is 284 g/mol. The molecule has 1 aromatic carbocycles. The van der Waals surface area contributed by atoms with E-state index in [2.05, 4.69) is 4.72 Å². The summed E-state index contributed by atoms with van der Waals surface area (Å²) in [6, 6.07) is 5.29. The predicted molar refractivity (Wildman–Crippen MR) is 71.6 cm³/mol. The van der Waals surface area contributed by atoms with Crippen molar-refractivity contribution in [3.63, 3.8) is 0 Å². The maximum atomic E-state index is 11.7. The lowest BCUT2D eigenvalue weighted by atomic mass is 10.1. The Morgan fingerprint density at radius 3 is 2.84 bits per heavy atom. The second-order valence-corrected chi connectivity index (χ2v) is 6.28. The lowest BCUT2D eigenvalue weighted by molar-refractivity contribution is -0.118. The summed E-state index contributed by atoms with van der Waals surface area (Å²) in [5.41, 5.74) is 1.43. The molecule has 0 spiro atoms. The fourth-order valence-electron chi connectivity index (χ4n) is 1.82. The molecule has 0 bridgehead atoms. The van der Waals surface area contributed by atoms with Crippen molar-refractivity contribution in [2.75, 3.05) is 24.8 Å². The molecule has 1 aliphatic heterocycles. The first-order valence-electron chi connectivity index (χ1n) is 5.84. The summed E-state index contributed by atoms with van der Waals surface area (Å²) in [7, 11) is -1.55. The molecule has 0 aromatic heterocycles. The Kier molecular flexibility index (Phi) is 3.77. The minimum Gasteiger partial charge on any atom is -0.491 e. The molecule has 0 unspecified atom stereocenters. The number of carbonyl (C=O) groups is 1. The largest absolute Gasteiger partial charge is 0.491 e. The zero-order valence-electron chi connectivity index (χ0n) is 10.8. The molecule has 1 aromatic rings. The van der Waals surface area contributed by atoms with Crippen molar-refractivity contribution in [1.82, 2.24) is 4.72 Å². The number of anilines is 1. The smallest absolute Gasteiger partial charge is 0.230 e. The van der Waals surface area contributed by atoms with Gasteiger partial charge >= 0.3 is 0 Å². The van der Waals surface area contributed by atoms with Crippen LogP contribution in [0.15, 0.2) is 18.2 Å². The zero-order valence-corrected chi connectivity index (χ0v) is 11.7. The van der Waals surface area contributed by atoms with E-state index in [0.717, 1.165) is 11.8 Å². The van der Waals surface area contributed by atoms with E-state index in [0.29, 0.717) is 24.5 Å². The Morgan fingerprint density at radius 2 is 2.16 bits per heavy atom. The molecule has 1 aliphatic rings. The molecule has 0 saturated carbocycles. The molecular formula is C12H16N2O4S. The number of nitrogens with zero attached hydrogens (tertiary/aromatic N) is 1. The summed E-state index contributed by atoms with van der Waals surface area (Å²) in [5, 5.41) is 0. The van der Waals surface area contributed by atoms with Gasteiger partial charge in [0.05, 0.1) is 25.0 Å². The third-order valence-corrected chi connectivity index (χ3v) is 3.54. The molecule has 1 N–H and O–H groups in total. The number of fused-ring (bicyclic) bond motifs is 1. The molecule has 0 radical (unpaired) electrons.